The summed E-state index contributed by atoms with van der Waals surface area (Å²) in [5.74, 6) is -0.382. The molecule has 2 N–H and O–H groups in total. The Labute approximate surface area is 208 Å². The van der Waals surface area contributed by atoms with Crippen molar-refractivity contribution in [3.8, 4) is 11.4 Å². The molecule has 0 unspecified atom stereocenters. The summed E-state index contributed by atoms with van der Waals surface area (Å²) in [5.41, 5.74) is -0.474. The van der Waals surface area contributed by atoms with E-state index < -0.39 is 11.4 Å². The zero-order valence-electron chi connectivity index (χ0n) is 18.3. The standard InChI is InChI=1S/C24H20Cl2FN5O3/c25-15-3-6-17(19(26)11-15)22(33)31-9-7-24(35,8-10-31)13-32-21(14-1-4-16(27)5-2-14)29-20-18(23(32)34)12-28-30-20/h1-6,11-12,35H,7-10,13H2,(H,28,30). The second kappa shape index (κ2) is 9.07. The van der Waals surface area contributed by atoms with Gasteiger partial charge in [0.25, 0.3) is 11.5 Å². The van der Waals surface area contributed by atoms with Crippen molar-refractivity contribution in [3.63, 3.8) is 0 Å². The Bertz CT molecular complexity index is 1480. The molecule has 1 aliphatic heterocycles. The molecule has 5 rings (SSSR count). The predicted molar refractivity (Wildman–Crippen MR) is 130 cm³/mol. The van der Waals surface area contributed by atoms with Crippen molar-refractivity contribution in [2.24, 2.45) is 0 Å². The van der Waals surface area contributed by atoms with E-state index >= 15 is 0 Å². The Balaban J connectivity index is 1.42. The number of aromatic nitrogens is 4. The van der Waals surface area contributed by atoms with Gasteiger partial charge < -0.3 is 10.0 Å². The van der Waals surface area contributed by atoms with Crippen LogP contribution in [0, 0.1) is 5.82 Å². The van der Waals surface area contributed by atoms with Crippen LogP contribution in [0.15, 0.2) is 53.5 Å². The molecule has 1 fully saturated rings. The lowest BCUT2D eigenvalue weighted by Gasteiger charge is -2.38. The number of nitrogens with zero attached hydrogens (tertiary/aromatic N) is 4. The summed E-state index contributed by atoms with van der Waals surface area (Å²) >= 11 is 12.1. The first-order valence-electron chi connectivity index (χ1n) is 10.9. The Morgan fingerprint density at radius 2 is 1.86 bits per heavy atom. The number of rotatable bonds is 4. The number of H-pyrrole nitrogens is 1. The van der Waals surface area contributed by atoms with Crippen LogP contribution in [0.1, 0.15) is 23.2 Å². The number of hydrogen-bond acceptors (Lipinski definition) is 5. The van der Waals surface area contributed by atoms with Crippen LogP contribution in [0.2, 0.25) is 10.0 Å². The summed E-state index contributed by atoms with van der Waals surface area (Å²) in [5, 5.41) is 19.0. The molecule has 1 saturated heterocycles. The number of piperidine rings is 1. The summed E-state index contributed by atoms with van der Waals surface area (Å²) in [6.45, 7) is 0.503. The van der Waals surface area contributed by atoms with Gasteiger partial charge in [0.1, 0.15) is 17.0 Å². The first kappa shape index (κ1) is 23.5. The van der Waals surface area contributed by atoms with Gasteiger partial charge in [-0.05, 0) is 55.3 Å². The molecular weight excluding hydrogens is 496 g/mol. The van der Waals surface area contributed by atoms with Crippen LogP contribution in [0.3, 0.4) is 0 Å². The number of likely N-dealkylation sites (tertiary alicyclic amines) is 1. The van der Waals surface area contributed by atoms with Gasteiger partial charge in [0.05, 0.1) is 28.9 Å². The number of nitrogens with one attached hydrogen (secondary N) is 1. The Morgan fingerprint density at radius 3 is 2.54 bits per heavy atom. The molecular formula is C24H20Cl2FN5O3. The molecule has 1 aliphatic rings. The van der Waals surface area contributed by atoms with Crippen molar-refractivity contribution in [2.45, 2.75) is 25.0 Å². The first-order valence-corrected chi connectivity index (χ1v) is 11.7. The second-order valence-electron chi connectivity index (χ2n) is 8.61. The number of carbonyl (C=O) groups excluding carboxylic acids is 1. The van der Waals surface area contributed by atoms with Crippen LogP contribution in [0.25, 0.3) is 22.4 Å². The third kappa shape index (κ3) is 4.54. The predicted octanol–water partition coefficient (Wildman–Crippen LogP) is 3.90. The first-order chi connectivity index (χ1) is 16.7. The zero-order chi connectivity index (χ0) is 24.7. The summed E-state index contributed by atoms with van der Waals surface area (Å²) < 4.78 is 14.9. The Morgan fingerprint density at radius 1 is 1.14 bits per heavy atom. The Hall–Kier alpha value is -3.27. The smallest absolute Gasteiger partial charge is 0.265 e. The van der Waals surface area contributed by atoms with Crippen LogP contribution in [0.4, 0.5) is 4.39 Å². The van der Waals surface area contributed by atoms with Crippen LogP contribution in [-0.4, -0.2) is 54.4 Å². The van der Waals surface area contributed by atoms with Gasteiger partial charge in [0, 0.05) is 23.7 Å². The lowest BCUT2D eigenvalue weighted by atomic mass is 9.90. The summed E-state index contributed by atoms with van der Waals surface area (Å²) in [7, 11) is 0. The molecule has 0 spiro atoms. The molecule has 0 saturated carbocycles. The highest BCUT2D eigenvalue weighted by Crippen LogP contribution is 2.29. The zero-order valence-corrected chi connectivity index (χ0v) is 19.9. The van der Waals surface area contributed by atoms with Gasteiger partial charge in [0.2, 0.25) is 0 Å². The summed E-state index contributed by atoms with van der Waals surface area (Å²) in [6.07, 6.45) is 1.86. The third-order valence-electron chi connectivity index (χ3n) is 6.27. The minimum absolute atomic E-state index is 0.0452. The van der Waals surface area contributed by atoms with E-state index in [9.17, 15) is 19.1 Å². The van der Waals surface area contributed by atoms with Gasteiger partial charge in [0.15, 0.2) is 5.65 Å². The Kier molecular flexibility index (Phi) is 6.08. The summed E-state index contributed by atoms with van der Waals surface area (Å²) in [6, 6.07) is 10.3. The molecule has 180 valence electrons. The van der Waals surface area contributed by atoms with E-state index in [1.807, 2.05) is 0 Å². The molecule has 1 amide bonds. The maximum atomic E-state index is 13.5. The fourth-order valence-corrected chi connectivity index (χ4v) is 4.80. The van der Waals surface area contributed by atoms with Crippen LogP contribution >= 0.6 is 23.2 Å². The number of fused-ring (bicyclic) bond motifs is 1. The monoisotopic (exact) mass is 515 g/mol. The number of halogens is 3. The highest BCUT2D eigenvalue weighted by Gasteiger charge is 2.36. The van der Waals surface area contributed by atoms with E-state index in [0.717, 1.165) is 0 Å². The minimum atomic E-state index is -1.27. The molecule has 0 aliphatic carbocycles. The number of amides is 1. The number of carbonyl (C=O) groups is 1. The average molecular weight is 516 g/mol. The fraction of sp³-hybridized carbons (Fsp3) is 0.250. The molecule has 4 aromatic rings. The van der Waals surface area contributed by atoms with Crippen molar-refractivity contribution in [1.29, 1.82) is 0 Å². The van der Waals surface area contributed by atoms with Crippen LogP contribution in [-0.2, 0) is 6.54 Å². The molecule has 0 bridgehead atoms. The van der Waals surface area contributed by atoms with Crippen molar-refractivity contribution in [2.75, 3.05) is 13.1 Å². The van der Waals surface area contributed by atoms with E-state index in [2.05, 4.69) is 15.2 Å². The maximum Gasteiger partial charge on any atom is 0.265 e. The highest BCUT2D eigenvalue weighted by atomic mass is 35.5. The van der Waals surface area contributed by atoms with Gasteiger partial charge in [-0.2, -0.15) is 5.10 Å². The van der Waals surface area contributed by atoms with Crippen LogP contribution in [0.5, 0.6) is 0 Å². The number of aliphatic hydroxyl groups is 1. The van der Waals surface area contributed by atoms with E-state index in [0.29, 0.717) is 21.8 Å². The molecule has 0 atom stereocenters. The maximum absolute atomic E-state index is 13.5. The van der Waals surface area contributed by atoms with Gasteiger partial charge in [-0.15, -0.1) is 0 Å². The quantitative estimate of drug-likeness (QED) is 0.428. The number of benzene rings is 2. The lowest BCUT2D eigenvalue weighted by Crippen LogP contribution is -2.50. The van der Waals surface area contributed by atoms with Gasteiger partial charge in [-0.25, -0.2) is 9.37 Å². The molecule has 35 heavy (non-hydrogen) atoms. The van der Waals surface area contributed by atoms with E-state index in [-0.39, 0.29) is 60.2 Å². The highest BCUT2D eigenvalue weighted by molar-refractivity contribution is 6.36. The molecule has 2 aromatic heterocycles. The molecule has 2 aromatic carbocycles. The molecule has 11 heteroatoms. The second-order valence-corrected chi connectivity index (χ2v) is 9.45. The average Bonchev–Trinajstić information content (AvgIpc) is 3.31. The number of hydrogen-bond donors (Lipinski definition) is 2. The van der Waals surface area contributed by atoms with E-state index in [1.54, 1.807) is 17.0 Å². The molecule has 0 radical (unpaired) electrons. The third-order valence-corrected chi connectivity index (χ3v) is 6.81. The molecule has 3 heterocycles. The topological polar surface area (TPSA) is 104 Å². The van der Waals surface area contributed by atoms with Crippen molar-refractivity contribution in [3.05, 3.63) is 80.4 Å². The van der Waals surface area contributed by atoms with E-state index in [1.165, 1.54) is 41.1 Å². The van der Waals surface area contributed by atoms with Gasteiger partial charge >= 0.3 is 0 Å². The van der Waals surface area contributed by atoms with Gasteiger partial charge in [-0.1, -0.05) is 23.2 Å². The lowest BCUT2D eigenvalue weighted by molar-refractivity contribution is -0.0296. The van der Waals surface area contributed by atoms with E-state index in [4.69, 9.17) is 23.2 Å². The van der Waals surface area contributed by atoms with Crippen molar-refractivity contribution in [1.82, 2.24) is 24.6 Å². The van der Waals surface area contributed by atoms with Gasteiger partial charge in [-0.3, -0.25) is 19.3 Å². The van der Waals surface area contributed by atoms with Crippen molar-refractivity contribution < 1.29 is 14.3 Å². The van der Waals surface area contributed by atoms with Crippen LogP contribution < -0.4 is 5.56 Å². The minimum Gasteiger partial charge on any atom is -0.388 e. The molecule has 8 nitrogen and oxygen atoms in total. The summed E-state index contributed by atoms with van der Waals surface area (Å²) in [4.78, 5) is 32.4. The van der Waals surface area contributed by atoms with Crippen molar-refractivity contribution >= 4 is 40.1 Å². The normalized spacial score (nSPS) is 15.5. The fourth-order valence-electron chi connectivity index (χ4n) is 4.31. The largest absolute Gasteiger partial charge is 0.388 e. The number of aromatic amines is 1. The SMILES string of the molecule is O=C(c1ccc(Cl)cc1Cl)N1CCC(O)(Cn2c(-c3ccc(F)cc3)nc3[nH]ncc3c2=O)CC1.